The molecule has 1 aliphatic heterocycles. The van der Waals surface area contributed by atoms with E-state index in [2.05, 4.69) is 15.2 Å². The Balaban J connectivity index is 1.86. The second-order valence-corrected chi connectivity index (χ2v) is 7.40. The number of rotatable bonds is 3. The maximum atomic E-state index is 12.0. The molecule has 3 heterocycles. The van der Waals surface area contributed by atoms with Crippen LogP contribution in [0.2, 0.25) is 0 Å². The molecular weight excluding hydrogens is 276 g/mol. The zero-order valence-corrected chi connectivity index (χ0v) is 12.2. The van der Waals surface area contributed by atoms with E-state index < -0.39 is 10.0 Å². The molecular formula is C13H18N4O2S. The van der Waals surface area contributed by atoms with Crippen molar-refractivity contribution < 1.29 is 8.42 Å². The number of aromatic nitrogens is 3. The summed E-state index contributed by atoms with van der Waals surface area (Å²) in [5.41, 5.74) is 1.70. The fourth-order valence-electron chi connectivity index (χ4n) is 2.69. The van der Waals surface area contributed by atoms with Crippen LogP contribution in [0.1, 0.15) is 31.4 Å². The highest BCUT2D eigenvalue weighted by Crippen LogP contribution is 2.28. The number of nitrogens with one attached hydrogen (secondary N) is 1. The van der Waals surface area contributed by atoms with E-state index in [1.165, 1.54) is 0 Å². The zero-order valence-electron chi connectivity index (χ0n) is 11.4. The van der Waals surface area contributed by atoms with Gasteiger partial charge < -0.3 is 0 Å². The molecule has 0 spiro atoms. The number of pyridine rings is 1. The molecule has 1 unspecified atom stereocenters. The molecule has 7 heteroatoms. The molecule has 1 aliphatic rings. The Kier molecular flexibility index (Phi) is 3.47. The van der Waals surface area contributed by atoms with E-state index in [0.29, 0.717) is 13.1 Å². The van der Waals surface area contributed by atoms with Gasteiger partial charge in [-0.15, -0.1) is 0 Å². The molecule has 1 N–H and O–H groups in total. The minimum absolute atomic E-state index is 0.159. The maximum Gasteiger partial charge on any atom is 0.213 e. The van der Waals surface area contributed by atoms with Crippen molar-refractivity contribution in [3.8, 4) is 0 Å². The lowest BCUT2D eigenvalue weighted by atomic mass is 9.95. The summed E-state index contributed by atoms with van der Waals surface area (Å²) in [6.07, 6.45) is 3.59. The molecule has 2 aromatic rings. The van der Waals surface area contributed by atoms with Gasteiger partial charge in [-0.2, -0.15) is 5.10 Å². The standard InChI is InChI=1S/C13H18N4O2S/c1-2-20(18,19)17-7-3-4-11(9-17)12-6-5-10-8-14-16-13(10)15-12/h5-6,8,11H,2-4,7,9H2,1H3,(H,14,15,16). The largest absolute Gasteiger partial charge is 0.261 e. The van der Waals surface area contributed by atoms with Crippen LogP contribution < -0.4 is 0 Å². The van der Waals surface area contributed by atoms with Crippen LogP contribution in [-0.2, 0) is 10.0 Å². The van der Waals surface area contributed by atoms with Crippen LogP contribution >= 0.6 is 0 Å². The molecule has 1 fully saturated rings. The first-order valence-electron chi connectivity index (χ1n) is 6.88. The van der Waals surface area contributed by atoms with Crippen molar-refractivity contribution in [3.05, 3.63) is 24.0 Å². The topological polar surface area (TPSA) is 79.0 Å². The Hall–Kier alpha value is -1.47. The molecule has 0 bridgehead atoms. The van der Waals surface area contributed by atoms with Crippen LogP contribution in [0.4, 0.5) is 0 Å². The number of piperidine rings is 1. The van der Waals surface area contributed by atoms with Crippen LogP contribution in [-0.4, -0.2) is 46.7 Å². The molecule has 0 saturated carbocycles. The van der Waals surface area contributed by atoms with Crippen molar-refractivity contribution in [3.63, 3.8) is 0 Å². The lowest BCUT2D eigenvalue weighted by Gasteiger charge is -2.31. The van der Waals surface area contributed by atoms with E-state index in [9.17, 15) is 8.42 Å². The first kappa shape index (κ1) is 13.5. The highest BCUT2D eigenvalue weighted by molar-refractivity contribution is 7.89. The summed E-state index contributed by atoms with van der Waals surface area (Å²) >= 11 is 0. The van der Waals surface area contributed by atoms with E-state index in [4.69, 9.17) is 0 Å². The average molecular weight is 294 g/mol. The molecule has 1 atom stereocenters. The fourth-order valence-corrected chi connectivity index (χ4v) is 3.87. The van der Waals surface area contributed by atoms with Crippen molar-refractivity contribution in [1.29, 1.82) is 0 Å². The van der Waals surface area contributed by atoms with Gasteiger partial charge in [-0.3, -0.25) is 5.10 Å². The molecule has 6 nitrogen and oxygen atoms in total. The number of fused-ring (bicyclic) bond motifs is 1. The molecule has 1 saturated heterocycles. The lowest BCUT2D eigenvalue weighted by molar-refractivity contribution is 0.313. The molecule has 2 aromatic heterocycles. The smallest absolute Gasteiger partial charge is 0.213 e. The van der Waals surface area contributed by atoms with Crippen LogP contribution in [0.3, 0.4) is 0 Å². The summed E-state index contributed by atoms with van der Waals surface area (Å²) < 4.78 is 25.6. The third kappa shape index (κ3) is 2.43. The summed E-state index contributed by atoms with van der Waals surface area (Å²) in [6, 6.07) is 3.96. The van der Waals surface area contributed by atoms with Gasteiger partial charge in [0.25, 0.3) is 0 Å². The number of H-pyrrole nitrogens is 1. The first-order chi connectivity index (χ1) is 9.60. The number of hydrogen-bond donors (Lipinski definition) is 1. The van der Waals surface area contributed by atoms with E-state index in [1.54, 1.807) is 17.4 Å². The molecule has 0 aliphatic carbocycles. The highest BCUT2D eigenvalue weighted by Gasteiger charge is 2.29. The predicted octanol–water partition coefficient (Wildman–Crippen LogP) is 1.49. The van der Waals surface area contributed by atoms with Crippen LogP contribution in [0.15, 0.2) is 18.3 Å². The lowest BCUT2D eigenvalue weighted by Crippen LogP contribution is -2.40. The maximum absolute atomic E-state index is 12.0. The van der Waals surface area contributed by atoms with Gasteiger partial charge in [0.15, 0.2) is 5.65 Å². The Morgan fingerprint density at radius 2 is 2.30 bits per heavy atom. The molecule has 20 heavy (non-hydrogen) atoms. The van der Waals surface area contributed by atoms with Gasteiger partial charge in [-0.25, -0.2) is 17.7 Å². The Morgan fingerprint density at radius 1 is 1.45 bits per heavy atom. The van der Waals surface area contributed by atoms with Gasteiger partial charge in [0, 0.05) is 30.1 Å². The van der Waals surface area contributed by atoms with Gasteiger partial charge in [0.05, 0.1) is 11.9 Å². The van der Waals surface area contributed by atoms with E-state index in [0.717, 1.165) is 29.6 Å². The summed E-state index contributed by atoms with van der Waals surface area (Å²) in [4.78, 5) is 4.56. The van der Waals surface area contributed by atoms with Crippen molar-refractivity contribution in [1.82, 2.24) is 19.5 Å². The molecule has 0 amide bonds. The first-order valence-corrected chi connectivity index (χ1v) is 8.49. The van der Waals surface area contributed by atoms with Crippen molar-refractivity contribution >= 4 is 21.1 Å². The summed E-state index contributed by atoms with van der Waals surface area (Å²) in [5.74, 6) is 0.324. The number of hydrogen-bond acceptors (Lipinski definition) is 4. The normalized spacial score (nSPS) is 21.4. The van der Waals surface area contributed by atoms with Gasteiger partial charge >= 0.3 is 0 Å². The fraction of sp³-hybridized carbons (Fsp3) is 0.538. The third-order valence-electron chi connectivity index (χ3n) is 3.88. The van der Waals surface area contributed by atoms with Crippen LogP contribution in [0.5, 0.6) is 0 Å². The van der Waals surface area contributed by atoms with Gasteiger partial charge in [-0.1, -0.05) is 0 Å². The van der Waals surface area contributed by atoms with Crippen molar-refractivity contribution in [2.24, 2.45) is 0 Å². The Morgan fingerprint density at radius 3 is 3.10 bits per heavy atom. The minimum atomic E-state index is -3.11. The third-order valence-corrected chi connectivity index (χ3v) is 5.73. The summed E-state index contributed by atoms with van der Waals surface area (Å²) in [7, 11) is -3.11. The average Bonchev–Trinajstić information content (AvgIpc) is 2.94. The number of sulfonamides is 1. The predicted molar refractivity (Wildman–Crippen MR) is 76.9 cm³/mol. The Labute approximate surface area is 118 Å². The molecule has 0 radical (unpaired) electrons. The van der Waals surface area contributed by atoms with Crippen molar-refractivity contribution in [2.75, 3.05) is 18.8 Å². The Bertz CT molecular complexity index is 710. The van der Waals surface area contributed by atoms with Crippen molar-refractivity contribution in [2.45, 2.75) is 25.7 Å². The molecule has 0 aromatic carbocycles. The number of nitrogens with zero attached hydrogens (tertiary/aromatic N) is 3. The van der Waals surface area contributed by atoms with E-state index in [1.807, 2.05) is 12.1 Å². The second kappa shape index (κ2) is 5.14. The van der Waals surface area contributed by atoms with Gasteiger partial charge in [0.1, 0.15) is 0 Å². The zero-order chi connectivity index (χ0) is 14.2. The highest BCUT2D eigenvalue weighted by atomic mass is 32.2. The quantitative estimate of drug-likeness (QED) is 0.930. The molecule has 108 valence electrons. The van der Waals surface area contributed by atoms with Gasteiger partial charge in [-0.05, 0) is 31.9 Å². The summed E-state index contributed by atoms with van der Waals surface area (Å²) in [6.45, 7) is 2.84. The van der Waals surface area contributed by atoms with Crippen LogP contribution in [0, 0.1) is 0 Å². The summed E-state index contributed by atoms with van der Waals surface area (Å²) in [5, 5.41) is 7.79. The monoisotopic (exact) mass is 294 g/mol. The minimum Gasteiger partial charge on any atom is -0.261 e. The molecule has 3 rings (SSSR count). The second-order valence-electron chi connectivity index (χ2n) is 5.14. The SMILES string of the molecule is CCS(=O)(=O)N1CCCC(c2ccc3cn[nH]c3n2)C1. The van der Waals surface area contributed by atoms with Crippen LogP contribution in [0.25, 0.3) is 11.0 Å². The van der Waals surface area contributed by atoms with E-state index in [-0.39, 0.29) is 11.7 Å². The number of aromatic amines is 1. The van der Waals surface area contributed by atoms with Gasteiger partial charge in [0.2, 0.25) is 10.0 Å². The van der Waals surface area contributed by atoms with E-state index >= 15 is 0 Å².